The van der Waals surface area contributed by atoms with Crippen LogP contribution < -0.4 is 10.6 Å². The predicted octanol–water partition coefficient (Wildman–Crippen LogP) is 2.32. The molecule has 1 fully saturated rings. The Labute approximate surface area is 119 Å². The molecule has 108 valence electrons. The average Bonchev–Trinajstić information content (AvgIpc) is 2.62. The summed E-state index contributed by atoms with van der Waals surface area (Å²) in [5.74, 6) is 0.719. The molecule has 0 bridgehead atoms. The van der Waals surface area contributed by atoms with Crippen LogP contribution in [0.15, 0.2) is 18.2 Å². The Hall–Kier alpha value is -1.55. The fourth-order valence-electron chi connectivity index (χ4n) is 3.22. The number of nitrogens with zero attached hydrogens (tertiary/aromatic N) is 1. The van der Waals surface area contributed by atoms with Gasteiger partial charge in [0.25, 0.3) is 0 Å². The maximum absolute atomic E-state index is 12.7. The van der Waals surface area contributed by atoms with Gasteiger partial charge in [0.05, 0.1) is 5.41 Å². The van der Waals surface area contributed by atoms with Crippen LogP contribution in [0.4, 0.5) is 11.4 Å². The van der Waals surface area contributed by atoms with Crippen LogP contribution in [-0.2, 0) is 14.9 Å². The van der Waals surface area contributed by atoms with Crippen LogP contribution in [0.1, 0.15) is 32.3 Å². The van der Waals surface area contributed by atoms with Gasteiger partial charge in [0, 0.05) is 31.1 Å². The van der Waals surface area contributed by atoms with E-state index < -0.39 is 5.41 Å². The summed E-state index contributed by atoms with van der Waals surface area (Å²) >= 11 is 0. The van der Waals surface area contributed by atoms with E-state index in [4.69, 9.17) is 10.5 Å². The fourth-order valence-corrected chi connectivity index (χ4v) is 3.22. The number of anilines is 2. The van der Waals surface area contributed by atoms with Crippen molar-refractivity contribution in [3.8, 4) is 0 Å². The van der Waals surface area contributed by atoms with Gasteiger partial charge in [0.2, 0.25) is 5.91 Å². The summed E-state index contributed by atoms with van der Waals surface area (Å²) in [5, 5.41) is 0. The van der Waals surface area contributed by atoms with E-state index in [9.17, 15) is 4.79 Å². The predicted molar refractivity (Wildman–Crippen MR) is 79.8 cm³/mol. The molecule has 0 aromatic heterocycles. The van der Waals surface area contributed by atoms with Crippen LogP contribution in [0.5, 0.6) is 0 Å². The van der Waals surface area contributed by atoms with Crippen molar-refractivity contribution in [3.63, 3.8) is 0 Å². The standard InChI is InChI=1S/C16H22N2O2/c1-16(2)13-9-12(17)3-4-14(13)18(15(16)19)10-11-5-7-20-8-6-11/h3-4,9,11H,5-8,10,17H2,1-2H3. The van der Waals surface area contributed by atoms with Crippen molar-refractivity contribution in [2.75, 3.05) is 30.4 Å². The second kappa shape index (κ2) is 4.77. The molecule has 1 saturated heterocycles. The van der Waals surface area contributed by atoms with E-state index in [0.29, 0.717) is 5.92 Å². The molecule has 1 aromatic rings. The monoisotopic (exact) mass is 274 g/mol. The van der Waals surface area contributed by atoms with Crippen LogP contribution in [0, 0.1) is 5.92 Å². The van der Waals surface area contributed by atoms with E-state index in [-0.39, 0.29) is 5.91 Å². The molecule has 2 N–H and O–H groups in total. The first-order valence-electron chi connectivity index (χ1n) is 7.30. The molecule has 20 heavy (non-hydrogen) atoms. The maximum Gasteiger partial charge on any atom is 0.237 e. The average molecular weight is 274 g/mol. The van der Waals surface area contributed by atoms with Gasteiger partial charge >= 0.3 is 0 Å². The molecule has 1 amide bonds. The quantitative estimate of drug-likeness (QED) is 0.842. The van der Waals surface area contributed by atoms with Gasteiger partial charge in [-0.05, 0) is 56.4 Å². The Morgan fingerprint density at radius 1 is 1.35 bits per heavy atom. The summed E-state index contributed by atoms with van der Waals surface area (Å²) in [4.78, 5) is 14.7. The van der Waals surface area contributed by atoms with Crippen LogP contribution in [0.3, 0.4) is 0 Å². The number of nitrogens with two attached hydrogens (primary N) is 1. The van der Waals surface area contributed by atoms with Gasteiger partial charge in [0.15, 0.2) is 0 Å². The molecule has 2 aliphatic rings. The fraction of sp³-hybridized carbons (Fsp3) is 0.562. The third-order valence-electron chi connectivity index (χ3n) is 4.55. The van der Waals surface area contributed by atoms with E-state index in [1.165, 1.54) is 0 Å². The number of carbonyl (C=O) groups is 1. The summed E-state index contributed by atoms with van der Waals surface area (Å²) in [7, 11) is 0. The molecule has 1 aromatic carbocycles. The molecule has 0 atom stereocenters. The zero-order chi connectivity index (χ0) is 14.3. The number of hydrogen-bond acceptors (Lipinski definition) is 3. The minimum absolute atomic E-state index is 0.185. The molecular weight excluding hydrogens is 252 g/mol. The second-order valence-corrected chi connectivity index (χ2v) is 6.37. The summed E-state index contributed by atoms with van der Waals surface area (Å²) in [6.07, 6.45) is 2.07. The van der Waals surface area contributed by atoms with Gasteiger partial charge < -0.3 is 15.4 Å². The highest BCUT2D eigenvalue weighted by atomic mass is 16.5. The highest BCUT2D eigenvalue weighted by Gasteiger charge is 2.44. The van der Waals surface area contributed by atoms with Crippen molar-refractivity contribution in [2.24, 2.45) is 5.92 Å². The molecule has 0 unspecified atom stereocenters. The molecule has 3 rings (SSSR count). The van der Waals surface area contributed by atoms with E-state index in [0.717, 1.165) is 49.5 Å². The van der Waals surface area contributed by atoms with E-state index in [1.807, 2.05) is 36.9 Å². The largest absolute Gasteiger partial charge is 0.399 e. The lowest BCUT2D eigenvalue weighted by atomic mass is 9.86. The zero-order valence-corrected chi connectivity index (χ0v) is 12.2. The first-order valence-corrected chi connectivity index (χ1v) is 7.30. The zero-order valence-electron chi connectivity index (χ0n) is 12.2. The molecule has 0 spiro atoms. The Morgan fingerprint density at radius 2 is 2.05 bits per heavy atom. The van der Waals surface area contributed by atoms with Gasteiger partial charge in [-0.1, -0.05) is 0 Å². The number of hydrogen-bond donors (Lipinski definition) is 1. The van der Waals surface area contributed by atoms with E-state index in [2.05, 4.69) is 0 Å². The number of benzene rings is 1. The number of amides is 1. The van der Waals surface area contributed by atoms with Crippen molar-refractivity contribution < 1.29 is 9.53 Å². The topological polar surface area (TPSA) is 55.6 Å². The molecule has 2 aliphatic heterocycles. The van der Waals surface area contributed by atoms with E-state index in [1.54, 1.807) is 0 Å². The lowest BCUT2D eigenvalue weighted by Crippen LogP contribution is -2.40. The van der Waals surface area contributed by atoms with Crippen molar-refractivity contribution in [3.05, 3.63) is 23.8 Å². The van der Waals surface area contributed by atoms with Gasteiger partial charge in [-0.2, -0.15) is 0 Å². The van der Waals surface area contributed by atoms with Crippen LogP contribution in [-0.4, -0.2) is 25.7 Å². The Balaban J connectivity index is 1.90. The molecule has 0 saturated carbocycles. The number of nitrogen functional groups attached to an aromatic ring is 1. The van der Waals surface area contributed by atoms with Crippen LogP contribution >= 0.6 is 0 Å². The van der Waals surface area contributed by atoms with Gasteiger partial charge in [-0.15, -0.1) is 0 Å². The number of rotatable bonds is 2. The van der Waals surface area contributed by atoms with Crippen molar-refractivity contribution in [2.45, 2.75) is 32.1 Å². The molecule has 0 aliphatic carbocycles. The molecule has 4 heteroatoms. The van der Waals surface area contributed by atoms with Crippen molar-refractivity contribution in [1.82, 2.24) is 0 Å². The normalized spacial score (nSPS) is 22.1. The summed E-state index contributed by atoms with van der Waals surface area (Å²) < 4.78 is 5.40. The third kappa shape index (κ3) is 2.08. The third-order valence-corrected chi connectivity index (χ3v) is 4.55. The van der Waals surface area contributed by atoms with Gasteiger partial charge in [-0.25, -0.2) is 0 Å². The smallest absolute Gasteiger partial charge is 0.237 e. The number of ether oxygens (including phenoxy) is 1. The lowest BCUT2D eigenvalue weighted by Gasteiger charge is -2.28. The van der Waals surface area contributed by atoms with Crippen LogP contribution in [0.2, 0.25) is 0 Å². The van der Waals surface area contributed by atoms with Crippen molar-refractivity contribution >= 4 is 17.3 Å². The lowest BCUT2D eigenvalue weighted by molar-refractivity contribution is -0.122. The molecule has 4 nitrogen and oxygen atoms in total. The summed E-state index contributed by atoms with van der Waals surface area (Å²) in [6, 6.07) is 5.80. The Morgan fingerprint density at radius 3 is 2.75 bits per heavy atom. The van der Waals surface area contributed by atoms with E-state index >= 15 is 0 Å². The Bertz CT molecular complexity index is 533. The first-order chi connectivity index (χ1) is 9.50. The summed E-state index contributed by atoms with van der Waals surface area (Å²) in [5.41, 5.74) is 8.20. The first kappa shape index (κ1) is 13.4. The van der Waals surface area contributed by atoms with Gasteiger partial charge in [-0.3, -0.25) is 4.79 Å². The second-order valence-electron chi connectivity index (χ2n) is 6.37. The molecule has 2 heterocycles. The van der Waals surface area contributed by atoms with Gasteiger partial charge in [0.1, 0.15) is 0 Å². The highest BCUT2D eigenvalue weighted by Crippen LogP contribution is 2.43. The Kier molecular flexibility index (Phi) is 3.21. The highest BCUT2D eigenvalue weighted by molar-refractivity contribution is 6.07. The van der Waals surface area contributed by atoms with Crippen LogP contribution in [0.25, 0.3) is 0 Å². The number of fused-ring (bicyclic) bond motifs is 1. The molecule has 0 radical (unpaired) electrons. The minimum atomic E-state index is -0.476. The maximum atomic E-state index is 12.7. The SMILES string of the molecule is CC1(C)C(=O)N(CC2CCOCC2)c2ccc(N)cc21. The van der Waals surface area contributed by atoms with Crippen molar-refractivity contribution in [1.29, 1.82) is 0 Å². The number of carbonyl (C=O) groups excluding carboxylic acids is 1. The molecular formula is C16H22N2O2. The minimum Gasteiger partial charge on any atom is -0.399 e. The summed E-state index contributed by atoms with van der Waals surface area (Å²) in [6.45, 7) is 6.38.